The van der Waals surface area contributed by atoms with Crippen molar-refractivity contribution in [1.29, 1.82) is 0 Å². The maximum atomic E-state index is 14.6. The Morgan fingerprint density at radius 3 is 2.18 bits per heavy atom. The Bertz CT molecular complexity index is 1220. The van der Waals surface area contributed by atoms with Crippen LogP contribution >= 0.6 is 0 Å². The van der Waals surface area contributed by atoms with Gasteiger partial charge in [-0.15, -0.1) is 10.2 Å². The summed E-state index contributed by atoms with van der Waals surface area (Å²) in [5.41, 5.74) is -0.675. The molecule has 2 N–H and O–H groups in total. The average Bonchev–Trinajstić information content (AvgIpc) is 3.21. The number of nitrogens with zero attached hydrogens (tertiary/aromatic N) is 4. The molecular weight excluding hydrogens is 498 g/mol. The van der Waals surface area contributed by atoms with Crippen LogP contribution in [0.25, 0.3) is 11.5 Å². The van der Waals surface area contributed by atoms with Crippen molar-refractivity contribution >= 4 is 16.0 Å². The molecule has 0 spiro atoms. The van der Waals surface area contributed by atoms with Crippen LogP contribution in [0.2, 0.25) is 0 Å². The normalized spacial score (nSPS) is 12.9. The van der Waals surface area contributed by atoms with Crippen LogP contribution in [-0.4, -0.2) is 48.0 Å². The summed E-state index contributed by atoms with van der Waals surface area (Å²) in [7, 11) is -3.81. The second-order valence-electron chi connectivity index (χ2n) is 6.54. The van der Waals surface area contributed by atoms with Crippen LogP contribution < -0.4 is 14.8 Å². The molecule has 1 aromatic carbocycles. The molecule has 0 fully saturated rings. The third kappa shape index (κ3) is 6.53. The van der Waals surface area contributed by atoms with Crippen molar-refractivity contribution in [1.82, 2.24) is 24.9 Å². The van der Waals surface area contributed by atoms with Gasteiger partial charge in [-0.25, -0.2) is 31.9 Å². The van der Waals surface area contributed by atoms with Gasteiger partial charge >= 0.3 is 13.0 Å². The minimum absolute atomic E-state index is 0.0432. The number of anilines is 1. The zero-order chi connectivity index (χ0) is 25.0. The van der Waals surface area contributed by atoms with Gasteiger partial charge in [0.2, 0.25) is 16.0 Å². The van der Waals surface area contributed by atoms with E-state index in [1.54, 1.807) is 0 Å². The smallest absolute Gasteiger partial charge is 0.387 e. The van der Waals surface area contributed by atoms with Crippen molar-refractivity contribution in [2.75, 3.05) is 18.1 Å². The molecule has 10 nitrogen and oxygen atoms in total. The van der Waals surface area contributed by atoms with Crippen LogP contribution in [0.15, 0.2) is 28.9 Å². The van der Waals surface area contributed by atoms with Crippen LogP contribution in [0.1, 0.15) is 23.9 Å². The standard InChI is InChI=1S/C17H14F6N6O4S/c1-34(30,31)26-6-11(12-9(18)2-8(3-10(12)19)32-16(22)23)27-17-24-4-7(5-25-17)14-28-29-15(33-14)13(20)21/h2-5,11,13,16,26H,6H2,1H3,(H,24,25,27). The largest absolute Gasteiger partial charge is 0.435 e. The number of halogens is 6. The van der Waals surface area contributed by atoms with Crippen LogP contribution in [0.5, 0.6) is 5.75 Å². The third-order valence-corrected chi connectivity index (χ3v) is 4.70. The van der Waals surface area contributed by atoms with Crippen molar-refractivity contribution in [3.05, 3.63) is 47.6 Å². The molecule has 17 heteroatoms. The van der Waals surface area contributed by atoms with Gasteiger partial charge in [-0.05, 0) is 0 Å². The van der Waals surface area contributed by atoms with E-state index in [1.165, 1.54) is 0 Å². The first-order valence-corrected chi connectivity index (χ1v) is 10.9. The van der Waals surface area contributed by atoms with Crippen LogP contribution in [0.4, 0.5) is 32.3 Å². The summed E-state index contributed by atoms with van der Waals surface area (Å²) in [5, 5.41) is 9.07. The molecule has 0 radical (unpaired) electrons. The Labute approximate surface area is 187 Å². The monoisotopic (exact) mass is 512 g/mol. The first-order valence-electron chi connectivity index (χ1n) is 9.02. The molecule has 0 aliphatic heterocycles. The SMILES string of the molecule is CS(=O)(=O)NCC(Nc1ncc(-c2nnc(C(F)F)o2)cn1)c1c(F)cc(OC(F)F)cc1F. The van der Waals surface area contributed by atoms with Gasteiger partial charge < -0.3 is 14.5 Å². The first-order chi connectivity index (χ1) is 15.9. The molecule has 0 amide bonds. The third-order valence-electron chi connectivity index (χ3n) is 4.01. The molecule has 0 aliphatic carbocycles. The first kappa shape index (κ1) is 25.2. The number of benzene rings is 1. The summed E-state index contributed by atoms with van der Waals surface area (Å²) in [6, 6.07) is -0.449. The van der Waals surface area contributed by atoms with Gasteiger partial charge in [0.1, 0.15) is 17.4 Å². The molecule has 3 rings (SSSR count). The van der Waals surface area contributed by atoms with Crippen molar-refractivity contribution in [2.24, 2.45) is 0 Å². The fourth-order valence-electron chi connectivity index (χ4n) is 2.63. The number of nitrogens with one attached hydrogen (secondary N) is 2. The zero-order valence-electron chi connectivity index (χ0n) is 16.8. The fourth-order valence-corrected chi connectivity index (χ4v) is 3.10. The highest BCUT2D eigenvalue weighted by atomic mass is 32.2. The second kappa shape index (κ2) is 10.2. The van der Waals surface area contributed by atoms with Gasteiger partial charge in [0.05, 0.1) is 17.9 Å². The maximum Gasteiger partial charge on any atom is 0.387 e. The summed E-state index contributed by atoms with van der Waals surface area (Å²) >= 11 is 0. The molecule has 0 bridgehead atoms. The predicted octanol–water partition coefficient (Wildman–Crippen LogP) is 3.05. The molecule has 184 valence electrons. The topological polar surface area (TPSA) is 132 Å². The maximum absolute atomic E-state index is 14.6. The van der Waals surface area contributed by atoms with E-state index in [0.717, 1.165) is 18.6 Å². The Morgan fingerprint density at radius 1 is 1.06 bits per heavy atom. The predicted molar refractivity (Wildman–Crippen MR) is 102 cm³/mol. The van der Waals surface area contributed by atoms with Gasteiger partial charge in [0, 0.05) is 36.6 Å². The van der Waals surface area contributed by atoms with Crippen molar-refractivity contribution in [3.63, 3.8) is 0 Å². The number of hydrogen-bond acceptors (Lipinski definition) is 9. The van der Waals surface area contributed by atoms with Gasteiger partial charge in [0.25, 0.3) is 11.8 Å². The molecular formula is C17H14F6N6O4S. The average molecular weight is 512 g/mol. The Balaban J connectivity index is 1.88. The molecule has 0 saturated carbocycles. The van der Waals surface area contributed by atoms with Crippen LogP contribution in [-0.2, 0) is 10.0 Å². The number of hydrogen-bond donors (Lipinski definition) is 2. The van der Waals surface area contributed by atoms with Crippen molar-refractivity contribution in [3.8, 4) is 17.2 Å². The minimum Gasteiger partial charge on any atom is -0.435 e. The number of aromatic nitrogens is 4. The van der Waals surface area contributed by atoms with Gasteiger partial charge in [-0.2, -0.15) is 17.6 Å². The highest BCUT2D eigenvalue weighted by Gasteiger charge is 2.25. The highest BCUT2D eigenvalue weighted by Crippen LogP contribution is 2.29. The van der Waals surface area contributed by atoms with E-state index < -0.39 is 64.5 Å². The van der Waals surface area contributed by atoms with Crippen molar-refractivity contribution < 1.29 is 43.9 Å². The highest BCUT2D eigenvalue weighted by molar-refractivity contribution is 7.88. The Morgan fingerprint density at radius 2 is 1.68 bits per heavy atom. The fraction of sp³-hybridized carbons (Fsp3) is 0.294. The summed E-state index contributed by atoms with van der Waals surface area (Å²) in [5.74, 6) is -4.91. The molecule has 0 aliphatic rings. The van der Waals surface area contributed by atoms with E-state index in [4.69, 9.17) is 4.42 Å². The van der Waals surface area contributed by atoms with Gasteiger partial charge in [0.15, 0.2) is 0 Å². The summed E-state index contributed by atoms with van der Waals surface area (Å²) in [6.07, 6.45) is -0.0372. The lowest BCUT2D eigenvalue weighted by molar-refractivity contribution is -0.0501. The number of sulfonamides is 1. The Hall–Kier alpha value is -3.47. The van der Waals surface area contributed by atoms with Crippen LogP contribution in [0.3, 0.4) is 0 Å². The van der Waals surface area contributed by atoms with Gasteiger partial charge in [-0.3, -0.25) is 0 Å². The molecule has 1 atom stereocenters. The molecule has 2 aromatic heterocycles. The zero-order valence-corrected chi connectivity index (χ0v) is 17.7. The summed E-state index contributed by atoms with van der Waals surface area (Å²) < 4.78 is 113. The van der Waals surface area contributed by atoms with E-state index in [9.17, 15) is 34.8 Å². The summed E-state index contributed by atoms with van der Waals surface area (Å²) in [4.78, 5) is 7.70. The molecule has 2 heterocycles. The molecule has 1 unspecified atom stereocenters. The molecule has 34 heavy (non-hydrogen) atoms. The number of alkyl halides is 4. The second-order valence-corrected chi connectivity index (χ2v) is 8.37. The minimum atomic E-state index is -3.81. The number of rotatable bonds is 10. The van der Waals surface area contributed by atoms with Gasteiger partial charge in [-0.1, -0.05) is 0 Å². The lowest BCUT2D eigenvalue weighted by Crippen LogP contribution is -2.32. The van der Waals surface area contributed by atoms with Crippen molar-refractivity contribution in [2.45, 2.75) is 19.1 Å². The summed E-state index contributed by atoms with van der Waals surface area (Å²) in [6.45, 7) is -3.91. The van der Waals surface area contributed by atoms with Crippen LogP contribution in [0, 0.1) is 11.6 Å². The van der Waals surface area contributed by atoms with E-state index in [2.05, 4.69) is 34.9 Å². The molecule has 0 saturated heterocycles. The van der Waals surface area contributed by atoms with E-state index in [1.807, 2.05) is 0 Å². The lowest BCUT2D eigenvalue weighted by Gasteiger charge is -2.21. The Kier molecular flexibility index (Phi) is 7.55. The lowest BCUT2D eigenvalue weighted by atomic mass is 10.1. The van der Waals surface area contributed by atoms with E-state index >= 15 is 0 Å². The van der Waals surface area contributed by atoms with E-state index in [0.29, 0.717) is 12.1 Å². The quantitative estimate of drug-likeness (QED) is 0.394. The molecule has 3 aromatic rings. The number of ether oxygens (including phenoxy) is 1. The van der Waals surface area contributed by atoms with E-state index in [-0.39, 0.29) is 17.4 Å².